The quantitative estimate of drug-likeness (QED) is 0.0373. The molecule has 0 saturated carbocycles. The Morgan fingerprint density at radius 3 is 0.892 bits per heavy atom. The van der Waals surface area contributed by atoms with E-state index in [1.807, 2.05) is 0 Å². The van der Waals surface area contributed by atoms with Crippen LogP contribution in [0, 0.1) is 0 Å². The minimum atomic E-state index is -0.784. The van der Waals surface area contributed by atoms with Crippen LogP contribution in [-0.4, -0.2) is 36.4 Å². The van der Waals surface area contributed by atoms with Gasteiger partial charge < -0.3 is 14.6 Å². The fourth-order valence-electron chi connectivity index (χ4n) is 9.12. The van der Waals surface area contributed by atoms with Gasteiger partial charge in [0.2, 0.25) is 0 Å². The Hall–Kier alpha value is -3.18. The van der Waals surface area contributed by atoms with Gasteiger partial charge in [-0.15, -0.1) is 0 Å². The van der Waals surface area contributed by atoms with Crippen molar-refractivity contribution in [3.05, 3.63) is 97.2 Å². The predicted octanol–water partition coefficient (Wildman–Crippen LogP) is 21.9. The number of unbranched alkanes of at least 4 members (excludes halogenated alkanes) is 34. The van der Waals surface area contributed by atoms with Crippen LogP contribution in [0.1, 0.15) is 309 Å². The molecule has 0 aliphatic carbocycles. The topological polar surface area (TPSA) is 72.8 Å². The Bertz CT molecular complexity index is 1400. The van der Waals surface area contributed by atoms with Crippen LogP contribution in [0.3, 0.4) is 0 Å². The zero-order valence-corrected chi connectivity index (χ0v) is 48.8. The van der Waals surface area contributed by atoms with Crippen molar-refractivity contribution in [2.75, 3.05) is 13.2 Å². The molecule has 0 fully saturated rings. The third-order valence-electron chi connectivity index (χ3n) is 13.9. The van der Waals surface area contributed by atoms with E-state index >= 15 is 0 Å². The first-order chi connectivity index (χ1) is 36.6. The van der Waals surface area contributed by atoms with Gasteiger partial charge in [-0.2, -0.15) is 0 Å². The summed E-state index contributed by atoms with van der Waals surface area (Å²) in [7, 11) is 0. The number of aliphatic hydroxyl groups excluding tert-OH is 1. The minimum absolute atomic E-state index is 0.0726. The van der Waals surface area contributed by atoms with E-state index in [0.717, 1.165) is 89.9 Å². The fraction of sp³-hybridized carbons (Fsp3) is 0.739. The van der Waals surface area contributed by atoms with E-state index in [0.29, 0.717) is 12.8 Å². The van der Waals surface area contributed by atoms with Crippen LogP contribution in [-0.2, 0) is 19.1 Å². The highest BCUT2D eigenvalue weighted by Gasteiger charge is 2.16. The molecule has 0 rings (SSSR count). The van der Waals surface area contributed by atoms with Gasteiger partial charge in [0.25, 0.3) is 0 Å². The molecule has 0 saturated heterocycles. The van der Waals surface area contributed by atoms with Gasteiger partial charge in [-0.3, -0.25) is 9.59 Å². The molecule has 0 aromatic rings. The number of esters is 2. The molecule has 0 aliphatic heterocycles. The maximum absolute atomic E-state index is 12.3. The Kier molecular flexibility index (Phi) is 61.4. The van der Waals surface area contributed by atoms with Crippen molar-refractivity contribution in [1.29, 1.82) is 0 Å². The standard InChI is InChI=1S/C69H120O5/c1-3-5-7-9-11-13-15-17-19-21-23-25-27-29-31-33-34-36-37-39-41-43-45-47-49-51-53-55-57-59-61-63-68(71)73-66-67(65-70)74-69(72)64-62-60-58-56-54-52-50-48-46-44-42-40-38-35-32-30-28-26-24-22-20-18-16-14-12-10-8-6-4-2/h6,8,12,14,18,20-21,23-24,26,30,32,38,40,44,46,67,70H,3-5,7,9-11,13,15-17,19,22,25,27-29,31,33-37,39,41-43,45,47-66H2,1-2H3/b8-6-,14-12-,20-18-,23-21-,26-24-,32-30-,40-38-,46-44-. The van der Waals surface area contributed by atoms with Gasteiger partial charge >= 0.3 is 11.9 Å². The monoisotopic (exact) mass is 1030 g/mol. The molecule has 0 heterocycles. The lowest BCUT2D eigenvalue weighted by Crippen LogP contribution is -2.28. The van der Waals surface area contributed by atoms with Crippen LogP contribution in [0.25, 0.3) is 0 Å². The normalized spacial score (nSPS) is 12.9. The molecule has 5 heteroatoms. The highest BCUT2D eigenvalue weighted by molar-refractivity contribution is 5.70. The molecule has 426 valence electrons. The zero-order chi connectivity index (χ0) is 53.4. The Labute approximate surface area is 459 Å². The summed E-state index contributed by atoms with van der Waals surface area (Å²) in [4.78, 5) is 24.6. The van der Waals surface area contributed by atoms with Crippen LogP contribution in [0.2, 0.25) is 0 Å². The van der Waals surface area contributed by atoms with E-state index in [9.17, 15) is 14.7 Å². The Morgan fingerprint density at radius 1 is 0.324 bits per heavy atom. The lowest BCUT2D eigenvalue weighted by atomic mass is 10.0. The summed E-state index contributed by atoms with van der Waals surface area (Å²) < 4.78 is 10.7. The molecular formula is C69H120O5. The molecule has 1 N–H and O–H groups in total. The number of aliphatic hydroxyl groups is 1. The number of carbonyl (C=O) groups excluding carboxylic acids is 2. The summed E-state index contributed by atoms with van der Waals surface area (Å²) in [6.07, 6.45) is 91.2. The van der Waals surface area contributed by atoms with E-state index in [1.54, 1.807) is 0 Å². The SMILES string of the molecule is CC/C=C\C/C=C\C/C=C\C/C=C\C/C=C\C/C=C\C/C=C\CCCCCCCCCC(=O)OC(CO)COC(=O)CCCCCCCCCCCCCCCCCCCCC/C=C\CCCCCCCCCC. The van der Waals surface area contributed by atoms with E-state index in [1.165, 1.54) is 193 Å². The molecule has 74 heavy (non-hydrogen) atoms. The number of hydrogen-bond acceptors (Lipinski definition) is 5. The highest BCUT2D eigenvalue weighted by Crippen LogP contribution is 2.17. The van der Waals surface area contributed by atoms with Crippen molar-refractivity contribution in [3.8, 4) is 0 Å². The first kappa shape index (κ1) is 70.8. The summed E-state index contributed by atoms with van der Waals surface area (Å²) in [5.74, 6) is -0.597. The second kappa shape index (κ2) is 64.1. The summed E-state index contributed by atoms with van der Waals surface area (Å²) in [5.41, 5.74) is 0. The number of ether oxygens (including phenoxy) is 2. The van der Waals surface area contributed by atoms with Crippen LogP contribution >= 0.6 is 0 Å². The molecule has 1 atom stereocenters. The smallest absolute Gasteiger partial charge is 0.306 e. The predicted molar refractivity (Wildman–Crippen MR) is 325 cm³/mol. The highest BCUT2D eigenvalue weighted by atomic mass is 16.6. The Morgan fingerprint density at radius 2 is 0.581 bits per heavy atom. The van der Waals surface area contributed by atoms with Crippen molar-refractivity contribution in [1.82, 2.24) is 0 Å². The first-order valence-corrected chi connectivity index (χ1v) is 31.8. The average Bonchev–Trinajstić information content (AvgIpc) is 3.40. The number of hydrogen-bond donors (Lipinski definition) is 1. The fourth-order valence-corrected chi connectivity index (χ4v) is 9.12. The van der Waals surface area contributed by atoms with Crippen molar-refractivity contribution >= 4 is 11.9 Å². The molecule has 0 aliphatic rings. The summed E-state index contributed by atoms with van der Waals surface area (Å²) in [5, 5.41) is 9.68. The van der Waals surface area contributed by atoms with Crippen molar-refractivity contribution in [3.63, 3.8) is 0 Å². The molecular weight excluding hydrogens is 909 g/mol. The van der Waals surface area contributed by atoms with Gasteiger partial charge in [-0.1, -0.05) is 297 Å². The van der Waals surface area contributed by atoms with Crippen LogP contribution < -0.4 is 0 Å². The van der Waals surface area contributed by atoms with Crippen LogP contribution in [0.5, 0.6) is 0 Å². The van der Waals surface area contributed by atoms with Crippen LogP contribution in [0.15, 0.2) is 97.2 Å². The summed E-state index contributed by atoms with van der Waals surface area (Å²) in [6.45, 7) is 4.05. The maximum atomic E-state index is 12.3. The third kappa shape index (κ3) is 61.4. The van der Waals surface area contributed by atoms with E-state index in [2.05, 4.69) is 111 Å². The number of carbonyl (C=O) groups is 2. The largest absolute Gasteiger partial charge is 0.462 e. The second-order valence-corrected chi connectivity index (χ2v) is 21.1. The zero-order valence-electron chi connectivity index (χ0n) is 48.8. The van der Waals surface area contributed by atoms with Gasteiger partial charge in [0.15, 0.2) is 6.10 Å². The minimum Gasteiger partial charge on any atom is -0.462 e. The lowest BCUT2D eigenvalue weighted by Gasteiger charge is -2.15. The van der Waals surface area contributed by atoms with Gasteiger partial charge in [0, 0.05) is 12.8 Å². The molecule has 5 nitrogen and oxygen atoms in total. The maximum Gasteiger partial charge on any atom is 0.306 e. The first-order valence-electron chi connectivity index (χ1n) is 31.8. The van der Waals surface area contributed by atoms with Crippen molar-refractivity contribution < 1.29 is 24.2 Å². The average molecular weight is 1030 g/mol. The summed E-state index contributed by atoms with van der Waals surface area (Å²) in [6, 6.07) is 0. The van der Waals surface area contributed by atoms with E-state index in [-0.39, 0.29) is 25.2 Å². The summed E-state index contributed by atoms with van der Waals surface area (Å²) >= 11 is 0. The van der Waals surface area contributed by atoms with Gasteiger partial charge in [0.05, 0.1) is 6.61 Å². The molecule has 0 aromatic heterocycles. The van der Waals surface area contributed by atoms with Crippen molar-refractivity contribution in [2.24, 2.45) is 0 Å². The molecule has 0 spiro atoms. The Balaban J connectivity index is 3.50. The molecule has 0 bridgehead atoms. The van der Waals surface area contributed by atoms with E-state index in [4.69, 9.17) is 9.47 Å². The van der Waals surface area contributed by atoms with Gasteiger partial charge in [0.1, 0.15) is 6.61 Å². The third-order valence-corrected chi connectivity index (χ3v) is 13.9. The number of allylic oxidation sites excluding steroid dienone is 16. The molecule has 0 aromatic carbocycles. The number of rotatable bonds is 58. The van der Waals surface area contributed by atoms with Crippen molar-refractivity contribution in [2.45, 2.75) is 315 Å². The second-order valence-electron chi connectivity index (χ2n) is 21.1. The molecule has 0 amide bonds. The van der Waals surface area contributed by atoms with Crippen LogP contribution in [0.4, 0.5) is 0 Å². The molecule has 0 radical (unpaired) electrons. The van der Waals surface area contributed by atoms with Gasteiger partial charge in [-0.05, 0) is 96.3 Å². The lowest BCUT2D eigenvalue weighted by molar-refractivity contribution is -0.161. The van der Waals surface area contributed by atoms with E-state index < -0.39 is 6.10 Å². The molecule has 1 unspecified atom stereocenters. The van der Waals surface area contributed by atoms with Gasteiger partial charge in [-0.25, -0.2) is 0 Å².